The largest absolute Gasteiger partial charge is 0.508 e. The highest BCUT2D eigenvalue weighted by atomic mass is 16.4. The van der Waals surface area contributed by atoms with E-state index in [0.29, 0.717) is 11.3 Å². The lowest BCUT2D eigenvalue weighted by Crippen LogP contribution is -2.53. The number of phenolic OH excluding ortho intramolecular Hbond substituents is 1. The Hall–Kier alpha value is -3.71. The van der Waals surface area contributed by atoms with Crippen molar-refractivity contribution >= 4 is 34.2 Å². The fraction of sp³-hybridized carbons (Fsp3) is 0.208. The maximum Gasteiger partial charge on any atom is 0.324 e. The van der Waals surface area contributed by atoms with Gasteiger partial charge in [0, 0.05) is 17.0 Å². The number of fused-ring (bicyclic) bond motifs is 2. The van der Waals surface area contributed by atoms with E-state index in [1.165, 1.54) is 13.0 Å². The van der Waals surface area contributed by atoms with E-state index in [1.807, 2.05) is 30.3 Å². The molecule has 2 amide bonds. The molecule has 5 rings (SSSR count). The number of carboxylic acid groups (broad SMARTS) is 1. The first-order valence-corrected chi connectivity index (χ1v) is 9.99. The molecule has 0 aliphatic carbocycles. The number of imide groups is 1. The van der Waals surface area contributed by atoms with Crippen molar-refractivity contribution in [3.63, 3.8) is 0 Å². The molecule has 2 aliphatic rings. The van der Waals surface area contributed by atoms with Crippen LogP contribution < -0.4 is 10.2 Å². The number of anilines is 1. The first-order valence-electron chi connectivity index (χ1n) is 9.99. The summed E-state index contributed by atoms with van der Waals surface area (Å²) >= 11 is 0. The molecule has 156 valence electrons. The monoisotopic (exact) mass is 416 g/mol. The van der Waals surface area contributed by atoms with Gasteiger partial charge < -0.3 is 10.2 Å². The lowest BCUT2D eigenvalue weighted by molar-refractivity contribution is -0.147. The Morgan fingerprint density at radius 1 is 0.968 bits per heavy atom. The van der Waals surface area contributed by atoms with Gasteiger partial charge in [0.05, 0.1) is 17.5 Å². The maximum absolute atomic E-state index is 13.6. The molecule has 2 aliphatic heterocycles. The number of carbonyl (C=O) groups excluding carboxylic acids is 2. The Labute approximate surface area is 177 Å². The van der Waals surface area contributed by atoms with Gasteiger partial charge >= 0.3 is 5.97 Å². The molecule has 31 heavy (non-hydrogen) atoms. The number of carbonyl (C=O) groups is 3. The summed E-state index contributed by atoms with van der Waals surface area (Å²) in [6, 6.07) is 18.4. The second-order valence-corrected chi connectivity index (χ2v) is 8.20. The minimum absolute atomic E-state index is 0.0581. The lowest BCUT2D eigenvalue weighted by atomic mass is 9.80. The van der Waals surface area contributed by atoms with Gasteiger partial charge in [-0.2, -0.15) is 0 Å². The topological polar surface area (TPSA) is 107 Å². The van der Waals surface area contributed by atoms with Gasteiger partial charge in [-0.15, -0.1) is 0 Å². The molecule has 7 nitrogen and oxygen atoms in total. The summed E-state index contributed by atoms with van der Waals surface area (Å²) in [5.41, 5.74) is -0.835. The minimum atomic E-state index is -1.66. The second kappa shape index (κ2) is 6.65. The zero-order valence-corrected chi connectivity index (χ0v) is 16.6. The highest BCUT2D eigenvalue weighted by molar-refractivity contribution is 6.26. The van der Waals surface area contributed by atoms with Crippen LogP contribution in [0.15, 0.2) is 66.7 Å². The summed E-state index contributed by atoms with van der Waals surface area (Å²) in [5.74, 6) is -4.38. The number of aliphatic carboxylic acids is 1. The lowest BCUT2D eigenvalue weighted by Gasteiger charge is -2.27. The molecule has 3 aromatic carbocycles. The van der Waals surface area contributed by atoms with E-state index in [0.717, 1.165) is 15.7 Å². The number of para-hydroxylation sites is 1. The van der Waals surface area contributed by atoms with Gasteiger partial charge in [0.25, 0.3) is 0 Å². The standard InChI is InChI=1S/C24H20N2O5/c1-24(23(30)31)19-18(20(25-24)15-10-4-5-12-17(15)27)21(28)26(22(19)29)16-11-6-8-13-7-2-3-9-14(13)16/h2-12,18-20,25,27H,1H3,(H,30,31)/t18-,19-,20+,24-/m0/s1. The second-order valence-electron chi connectivity index (χ2n) is 8.20. The van der Waals surface area contributed by atoms with Crippen LogP contribution in [0.4, 0.5) is 5.69 Å². The molecular formula is C24H20N2O5. The van der Waals surface area contributed by atoms with Crippen LogP contribution in [0.2, 0.25) is 0 Å². The Bertz CT molecular complexity index is 1250. The summed E-state index contributed by atoms with van der Waals surface area (Å²) in [7, 11) is 0. The van der Waals surface area contributed by atoms with Gasteiger partial charge in [0.2, 0.25) is 11.8 Å². The summed E-state index contributed by atoms with van der Waals surface area (Å²) in [4.78, 5) is 40.5. The highest BCUT2D eigenvalue weighted by Gasteiger charge is 2.67. The Morgan fingerprint density at radius 3 is 2.39 bits per heavy atom. The molecule has 0 bridgehead atoms. The van der Waals surface area contributed by atoms with Crippen molar-refractivity contribution in [3.8, 4) is 5.75 Å². The number of nitrogens with one attached hydrogen (secondary N) is 1. The van der Waals surface area contributed by atoms with Crippen LogP contribution in [-0.4, -0.2) is 33.5 Å². The average Bonchev–Trinajstić information content (AvgIpc) is 3.22. The molecule has 3 N–H and O–H groups in total. The number of amides is 2. The van der Waals surface area contributed by atoms with Crippen molar-refractivity contribution in [3.05, 3.63) is 72.3 Å². The van der Waals surface area contributed by atoms with Crippen molar-refractivity contribution < 1.29 is 24.6 Å². The normalized spacial score (nSPS) is 27.6. The molecule has 2 heterocycles. The maximum atomic E-state index is 13.6. The zero-order chi connectivity index (χ0) is 21.9. The Kier molecular flexibility index (Phi) is 4.13. The van der Waals surface area contributed by atoms with Crippen molar-refractivity contribution in [2.75, 3.05) is 4.90 Å². The van der Waals surface area contributed by atoms with Gasteiger partial charge in [0.15, 0.2) is 0 Å². The van der Waals surface area contributed by atoms with E-state index >= 15 is 0 Å². The van der Waals surface area contributed by atoms with Gasteiger partial charge in [-0.3, -0.25) is 19.7 Å². The number of nitrogens with zero attached hydrogens (tertiary/aromatic N) is 1. The number of phenols is 1. The third-order valence-corrected chi connectivity index (χ3v) is 6.51. The molecule has 4 atom stereocenters. The fourth-order valence-corrected chi connectivity index (χ4v) is 4.99. The third-order valence-electron chi connectivity index (χ3n) is 6.51. The highest BCUT2D eigenvalue weighted by Crippen LogP contribution is 2.51. The molecule has 0 aromatic heterocycles. The SMILES string of the molecule is C[C@]1(C(=O)O)N[C@H](c2ccccc2O)[C@H]2C(=O)N(c3cccc4ccccc34)C(=O)[C@H]21. The number of aromatic hydroxyl groups is 1. The summed E-state index contributed by atoms with van der Waals surface area (Å²) in [6.07, 6.45) is 0. The zero-order valence-electron chi connectivity index (χ0n) is 16.6. The third kappa shape index (κ3) is 2.60. The summed E-state index contributed by atoms with van der Waals surface area (Å²) < 4.78 is 0. The van der Waals surface area contributed by atoms with Gasteiger partial charge in [-0.05, 0) is 24.4 Å². The van der Waals surface area contributed by atoms with Crippen LogP contribution in [0.1, 0.15) is 18.5 Å². The number of hydrogen-bond donors (Lipinski definition) is 3. The van der Waals surface area contributed by atoms with Gasteiger partial charge in [-0.1, -0.05) is 54.6 Å². The first-order chi connectivity index (χ1) is 14.8. The van der Waals surface area contributed by atoms with E-state index < -0.39 is 41.2 Å². The molecule has 2 fully saturated rings. The number of benzene rings is 3. The van der Waals surface area contributed by atoms with E-state index in [9.17, 15) is 24.6 Å². The van der Waals surface area contributed by atoms with Crippen LogP contribution >= 0.6 is 0 Å². The predicted molar refractivity (Wildman–Crippen MR) is 113 cm³/mol. The predicted octanol–water partition coefficient (Wildman–Crippen LogP) is 2.84. The average molecular weight is 416 g/mol. The summed E-state index contributed by atoms with van der Waals surface area (Å²) in [5, 5.41) is 24.9. The summed E-state index contributed by atoms with van der Waals surface area (Å²) in [6.45, 7) is 1.42. The Balaban J connectivity index is 1.68. The van der Waals surface area contributed by atoms with Crippen molar-refractivity contribution in [1.82, 2.24) is 5.32 Å². The van der Waals surface area contributed by atoms with Crippen molar-refractivity contribution in [2.24, 2.45) is 11.8 Å². The van der Waals surface area contributed by atoms with E-state index in [-0.39, 0.29) is 5.75 Å². The van der Waals surface area contributed by atoms with E-state index in [4.69, 9.17) is 0 Å². The van der Waals surface area contributed by atoms with E-state index in [2.05, 4.69) is 5.32 Å². The smallest absolute Gasteiger partial charge is 0.324 e. The number of carboxylic acids is 1. The number of rotatable bonds is 3. The molecule has 3 aromatic rings. The van der Waals surface area contributed by atoms with Gasteiger partial charge in [-0.25, -0.2) is 4.90 Å². The molecule has 0 unspecified atom stereocenters. The van der Waals surface area contributed by atoms with Crippen LogP contribution in [0, 0.1) is 11.8 Å². The van der Waals surface area contributed by atoms with Crippen LogP contribution in [0.25, 0.3) is 10.8 Å². The van der Waals surface area contributed by atoms with Crippen LogP contribution in [-0.2, 0) is 14.4 Å². The number of hydrogen-bond acceptors (Lipinski definition) is 5. The van der Waals surface area contributed by atoms with Crippen LogP contribution in [0.5, 0.6) is 5.75 Å². The molecule has 2 saturated heterocycles. The molecular weight excluding hydrogens is 396 g/mol. The molecule has 0 radical (unpaired) electrons. The molecule has 0 saturated carbocycles. The van der Waals surface area contributed by atoms with E-state index in [1.54, 1.807) is 30.3 Å². The van der Waals surface area contributed by atoms with Crippen molar-refractivity contribution in [2.45, 2.75) is 18.5 Å². The first kappa shape index (κ1) is 19.3. The van der Waals surface area contributed by atoms with Gasteiger partial charge in [0.1, 0.15) is 11.3 Å². The van der Waals surface area contributed by atoms with Crippen molar-refractivity contribution in [1.29, 1.82) is 0 Å². The molecule has 7 heteroatoms. The molecule has 0 spiro atoms. The minimum Gasteiger partial charge on any atom is -0.508 e. The fourth-order valence-electron chi connectivity index (χ4n) is 4.99. The quantitative estimate of drug-likeness (QED) is 0.567. The van der Waals surface area contributed by atoms with Crippen LogP contribution in [0.3, 0.4) is 0 Å². The Morgan fingerprint density at radius 2 is 1.65 bits per heavy atom.